The monoisotopic (exact) mass is 250 g/mol. The van der Waals surface area contributed by atoms with E-state index < -0.39 is 5.60 Å². The van der Waals surface area contributed by atoms with Crippen molar-refractivity contribution in [3.8, 4) is 0 Å². The molecule has 0 saturated heterocycles. The molecule has 1 rings (SSSR count). The van der Waals surface area contributed by atoms with Gasteiger partial charge in [0, 0.05) is 0 Å². The van der Waals surface area contributed by atoms with Gasteiger partial charge in [0.25, 0.3) is 0 Å². The van der Waals surface area contributed by atoms with Gasteiger partial charge in [-0.15, -0.1) is 0 Å². The highest BCUT2D eigenvalue weighted by molar-refractivity contribution is 5.71. The van der Waals surface area contributed by atoms with Crippen molar-refractivity contribution in [2.24, 2.45) is 0 Å². The Labute approximate surface area is 109 Å². The Bertz CT molecular complexity index is 424. The fourth-order valence-corrected chi connectivity index (χ4v) is 2.61. The maximum atomic E-state index is 11.5. The van der Waals surface area contributed by atoms with Crippen LogP contribution in [0.5, 0.6) is 0 Å². The first kappa shape index (κ1) is 14.7. The van der Waals surface area contributed by atoms with Gasteiger partial charge in [-0.25, -0.2) is 0 Å². The highest BCUT2D eigenvalue weighted by atomic mass is 16.5. The van der Waals surface area contributed by atoms with E-state index in [-0.39, 0.29) is 12.4 Å². The van der Waals surface area contributed by atoms with Gasteiger partial charge >= 0.3 is 5.97 Å². The standard InChI is InChI=1S/C15H22O3/c1-6-18-13(16)9-15(5,17)14-11(3)7-10(2)8-12(14)4/h7-8,17H,6,9H2,1-5H3. The summed E-state index contributed by atoms with van der Waals surface area (Å²) in [5.74, 6) is -0.373. The molecule has 1 atom stereocenters. The third-order valence-electron chi connectivity index (χ3n) is 3.01. The minimum atomic E-state index is -1.19. The van der Waals surface area contributed by atoms with Crippen molar-refractivity contribution in [3.63, 3.8) is 0 Å². The van der Waals surface area contributed by atoms with Gasteiger partial charge in [0.2, 0.25) is 0 Å². The zero-order valence-electron chi connectivity index (χ0n) is 11.8. The zero-order valence-corrected chi connectivity index (χ0v) is 11.8. The van der Waals surface area contributed by atoms with Crippen LogP contribution in [-0.2, 0) is 15.1 Å². The van der Waals surface area contributed by atoms with Crippen LogP contribution in [0.25, 0.3) is 0 Å². The van der Waals surface area contributed by atoms with Gasteiger partial charge in [0.15, 0.2) is 0 Å². The van der Waals surface area contributed by atoms with Crippen molar-refractivity contribution < 1.29 is 14.6 Å². The first-order valence-corrected chi connectivity index (χ1v) is 6.24. The van der Waals surface area contributed by atoms with Crippen molar-refractivity contribution in [2.45, 2.75) is 46.6 Å². The number of aliphatic hydroxyl groups is 1. The lowest BCUT2D eigenvalue weighted by atomic mass is 9.85. The first-order chi connectivity index (χ1) is 8.27. The molecular weight excluding hydrogens is 228 g/mol. The summed E-state index contributed by atoms with van der Waals surface area (Å²) in [6, 6.07) is 4.03. The van der Waals surface area contributed by atoms with Gasteiger partial charge in [-0.3, -0.25) is 4.79 Å². The number of aryl methyl sites for hydroxylation is 3. The van der Waals surface area contributed by atoms with Crippen LogP contribution in [0.3, 0.4) is 0 Å². The lowest BCUT2D eigenvalue weighted by Crippen LogP contribution is -2.28. The number of hydrogen-bond acceptors (Lipinski definition) is 3. The predicted octanol–water partition coefficient (Wildman–Crippen LogP) is 2.77. The summed E-state index contributed by atoms with van der Waals surface area (Å²) in [4.78, 5) is 11.5. The average molecular weight is 250 g/mol. The first-order valence-electron chi connectivity index (χ1n) is 6.24. The Hall–Kier alpha value is -1.35. The molecule has 1 aromatic rings. The van der Waals surface area contributed by atoms with Crippen molar-refractivity contribution in [1.82, 2.24) is 0 Å². The summed E-state index contributed by atoms with van der Waals surface area (Å²) in [5, 5.41) is 10.5. The Morgan fingerprint density at radius 2 is 1.78 bits per heavy atom. The van der Waals surface area contributed by atoms with E-state index in [9.17, 15) is 9.90 Å². The van der Waals surface area contributed by atoms with E-state index in [1.807, 2.05) is 32.9 Å². The van der Waals surface area contributed by atoms with Gasteiger partial charge in [-0.2, -0.15) is 0 Å². The normalized spacial score (nSPS) is 14.1. The smallest absolute Gasteiger partial charge is 0.309 e. The number of rotatable bonds is 4. The highest BCUT2D eigenvalue weighted by Crippen LogP contribution is 2.31. The van der Waals surface area contributed by atoms with E-state index >= 15 is 0 Å². The molecule has 0 aromatic heterocycles. The number of carbonyl (C=O) groups is 1. The van der Waals surface area contributed by atoms with Crippen LogP contribution < -0.4 is 0 Å². The van der Waals surface area contributed by atoms with Crippen LogP contribution in [0, 0.1) is 20.8 Å². The molecule has 18 heavy (non-hydrogen) atoms. The van der Waals surface area contributed by atoms with Crippen LogP contribution in [-0.4, -0.2) is 17.7 Å². The van der Waals surface area contributed by atoms with E-state index in [4.69, 9.17) is 4.74 Å². The number of carbonyl (C=O) groups excluding carboxylic acids is 1. The molecule has 0 amide bonds. The van der Waals surface area contributed by atoms with Crippen LogP contribution in [0.15, 0.2) is 12.1 Å². The van der Waals surface area contributed by atoms with E-state index in [0.717, 1.165) is 22.3 Å². The molecule has 0 aliphatic heterocycles. The SMILES string of the molecule is CCOC(=O)CC(C)(O)c1c(C)cc(C)cc1C. The van der Waals surface area contributed by atoms with Gasteiger partial charge in [0.1, 0.15) is 0 Å². The maximum absolute atomic E-state index is 11.5. The highest BCUT2D eigenvalue weighted by Gasteiger charge is 2.30. The van der Waals surface area contributed by atoms with Crippen LogP contribution >= 0.6 is 0 Å². The Balaban J connectivity index is 3.08. The van der Waals surface area contributed by atoms with Gasteiger partial charge in [-0.05, 0) is 51.3 Å². The summed E-state index contributed by atoms with van der Waals surface area (Å²) < 4.78 is 4.90. The lowest BCUT2D eigenvalue weighted by molar-refractivity contribution is -0.148. The second-order valence-electron chi connectivity index (χ2n) is 5.03. The van der Waals surface area contributed by atoms with Crippen LogP contribution in [0.1, 0.15) is 42.5 Å². The van der Waals surface area contributed by atoms with Crippen molar-refractivity contribution in [3.05, 3.63) is 34.4 Å². The Kier molecular flexibility index (Phi) is 4.52. The lowest BCUT2D eigenvalue weighted by Gasteiger charge is -2.27. The number of ether oxygens (including phenoxy) is 1. The van der Waals surface area contributed by atoms with E-state index in [1.54, 1.807) is 13.8 Å². The number of hydrogen-bond donors (Lipinski definition) is 1. The van der Waals surface area contributed by atoms with E-state index in [2.05, 4.69) is 0 Å². The topological polar surface area (TPSA) is 46.5 Å². The molecule has 3 nitrogen and oxygen atoms in total. The largest absolute Gasteiger partial charge is 0.466 e. The van der Waals surface area contributed by atoms with Crippen molar-refractivity contribution in [1.29, 1.82) is 0 Å². The minimum Gasteiger partial charge on any atom is -0.466 e. The zero-order chi connectivity index (χ0) is 13.9. The second-order valence-corrected chi connectivity index (χ2v) is 5.03. The molecule has 0 aliphatic carbocycles. The Morgan fingerprint density at radius 1 is 1.28 bits per heavy atom. The summed E-state index contributed by atoms with van der Waals surface area (Å²) in [5.41, 5.74) is 2.79. The van der Waals surface area contributed by atoms with E-state index in [1.165, 1.54) is 0 Å². The molecule has 3 heteroatoms. The molecule has 1 unspecified atom stereocenters. The van der Waals surface area contributed by atoms with Crippen LogP contribution in [0.2, 0.25) is 0 Å². The van der Waals surface area contributed by atoms with Crippen molar-refractivity contribution >= 4 is 5.97 Å². The molecule has 0 bridgehead atoms. The van der Waals surface area contributed by atoms with Gasteiger partial charge in [-0.1, -0.05) is 17.7 Å². The summed E-state index contributed by atoms with van der Waals surface area (Å²) in [6.45, 7) is 9.68. The second kappa shape index (κ2) is 5.53. The fraction of sp³-hybridized carbons (Fsp3) is 0.533. The van der Waals surface area contributed by atoms with Crippen LogP contribution in [0.4, 0.5) is 0 Å². The quantitative estimate of drug-likeness (QED) is 0.836. The fourth-order valence-electron chi connectivity index (χ4n) is 2.61. The molecule has 100 valence electrons. The maximum Gasteiger partial charge on any atom is 0.309 e. The molecule has 0 fully saturated rings. The summed E-state index contributed by atoms with van der Waals surface area (Å²) in [6.07, 6.45) is -0.0222. The minimum absolute atomic E-state index is 0.0222. The Morgan fingerprint density at radius 3 is 2.22 bits per heavy atom. The average Bonchev–Trinajstić information content (AvgIpc) is 2.13. The molecule has 0 spiro atoms. The predicted molar refractivity (Wildman–Crippen MR) is 71.5 cm³/mol. The number of benzene rings is 1. The molecule has 0 heterocycles. The molecule has 1 N–H and O–H groups in total. The van der Waals surface area contributed by atoms with E-state index in [0.29, 0.717) is 6.61 Å². The number of esters is 1. The molecule has 1 aromatic carbocycles. The molecule has 0 radical (unpaired) electrons. The molecular formula is C15H22O3. The third-order valence-corrected chi connectivity index (χ3v) is 3.01. The van der Waals surface area contributed by atoms with Gasteiger partial charge < -0.3 is 9.84 Å². The van der Waals surface area contributed by atoms with Crippen molar-refractivity contribution in [2.75, 3.05) is 6.61 Å². The molecule has 0 saturated carbocycles. The third kappa shape index (κ3) is 3.33. The summed E-state index contributed by atoms with van der Waals surface area (Å²) in [7, 11) is 0. The van der Waals surface area contributed by atoms with Gasteiger partial charge in [0.05, 0.1) is 18.6 Å². The molecule has 0 aliphatic rings. The summed E-state index contributed by atoms with van der Waals surface area (Å²) >= 11 is 0.